The minimum Gasteiger partial charge on any atom is -0.508 e. The number of carbonyl (C=O) groups is 1. The summed E-state index contributed by atoms with van der Waals surface area (Å²) < 4.78 is 5.48. The van der Waals surface area contributed by atoms with E-state index in [9.17, 15) is 9.90 Å². The van der Waals surface area contributed by atoms with Gasteiger partial charge in [-0.05, 0) is 76.2 Å². The van der Waals surface area contributed by atoms with E-state index in [1.165, 1.54) is 5.56 Å². The van der Waals surface area contributed by atoms with Gasteiger partial charge in [-0.15, -0.1) is 0 Å². The maximum Gasteiger partial charge on any atom is 0.311 e. The number of carbonyl (C=O) groups excluding carboxylic acids is 1. The van der Waals surface area contributed by atoms with Gasteiger partial charge in [0.1, 0.15) is 11.9 Å². The summed E-state index contributed by atoms with van der Waals surface area (Å²) in [6, 6.07) is 7.65. The number of cyclic esters (lactones) is 1. The molecule has 126 valence electrons. The zero-order valence-corrected chi connectivity index (χ0v) is 14.1. The van der Waals surface area contributed by atoms with E-state index in [1.807, 2.05) is 26.0 Å². The Kier molecular flexibility index (Phi) is 4.62. The predicted molar refractivity (Wildman–Crippen MR) is 89.4 cm³/mol. The van der Waals surface area contributed by atoms with Gasteiger partial charge in [-0.25, -0.2) is 0 Å². The van der Waals surface area contributed by atoms with Crippen molar-refractivity contribution >= 4 is 5.97 Å². The molecule has 4 heteroatoms. The quantitative estimate of drug-likeness (QED) is 0.866. The molecule has 0 bridgehead atoms. The number of phenolic OH excluding ortho intramolecular Hbond substituents is 1. The van der Waals surface area contributed by atoms with E-state index in [-0.39, 0.29) is 17.5 Å². The Morgan fingerprint density at radius 3 is 2.65 bits per heavy atom. The van der Waals surface area contributed by atoms with E-state index in [0.717, 1.165) is 45.3 Å². The second kappa shape index (κ2) is 6.52. The zero-order valence-electron chi connectivity index (χ0n) is 14.1. The number of phenols is 1. The van der Waals surface area contributed by atoms with Crippen molar-refractivity contribution in [2.24, 2.45) is 5.41 Å². The van der Waals surface area contributed by atoms with Crippen LogP contribution >= 0.6 is 0 Å². The highest BCUT2D eigenvalue weighted by molar-refractivity contribution is 5.78. The molecule has 2 aliphatic heterocycles. The molecule has 1 atom stereocenters. The average Bonchev–Trinajstić information content (AvgIpc) is 2.78. The van der Waals surface area contributed by atoms with Crippen molar-refractivity contribution in [1.29, 1.82) is 0 Å². The minimum absolute atomic E-state index is 0.0508. The highest BCUT2D eigenvalue weighted by Crippen LogP contribution is 2.35. The van der Waals surface area contributed by atoms with E-state index >= 15 is 0 Å². The van der Waals surface area contributed by atoms with Crippen molar-refractivity contribution in [3.8, 4) is 5.75 Å². The Hall–Kier alpha value is -1.55. The Bertz CT molecular complexity index is 561. The van der Waals surface area contributed by atoms with Crippen LogP contribution in [0.2, 0.25) is 0 Å². The number of likely N-dealkylation sites (tertiary alicyclic amines) is 1. The molecule has 0 saturated carbocycles. The number of rotatable bonds is 4. The van der Waals surface area contributed by atoms with Crippen LogP contribution in [0, 0.1) is 5.41 Å². The minimum atomic E-state index is -0.313. The maximum absolute atomic E-state index is 11.7. The predicted octanol–water partition coefficient (Wildman–Crippen LogP) is 3.30. The fraction of sp³-hybridized carbons (Fsp3) is 0.632. The van der Waals surface area contributed by atoms with Crippen molar-refractivity contribution in [1.82, 2.24) is 4.90 Å². The molecule has 0 aromatic heterocycles. The van der Waals surface area contributed by atoms with Crippen molar-refractivity contribution in [2.75, 3.05) is 19.6 Å². The van der Waals surface area contributed by atoms with Gasteiger partial charge in [0.25, 0.3) is 0 Å². The fourth-order valence-corrected chi connectivity index (χ4v) is 3.76. The lowest BCUT2D eigenvalue weighted by Crippen LogP contribution is -2.35. The number of ether oxygens (including phenoxy) is 1. The molecule has 0 spiro atoms. The van der Waals surface area contributed by atoms with Gasteiger partial charge in [0.15, 0.2) is 0 Å². The molecular weight excluding hydrogens is 290 g/mol. The summed E-state index contributed by atoms with van der Waals surface area (Å²) in [5.41, 5.74) is 0.934. The van der Waals surface area contributed by atoms with Crippen LogP contribution in [-0.4, -0.2) is 41.7 Å². The van der Waals surface area contributed by atoms with Crippen molar-refractivity contribution < 1.29 is 14.6 Å². The van der Waals surface area contributed by atoms with E-state index in [2.05, 4.69) is 11.0 Å². The number of hydrogen-bond acceptors (Lipinski definition) is 4. The molecule has 1 N–H and O–H groups in total. The Morgan fingerprint density at radius 2 is 2.04 bits per heavy atom. The summed E-state index contributed by atoms with van der Waals surface area (Å²) in [6.07, 6.45) is 4.11. The number of piperidine rings is 1. The van der Waals surface area contributed by atoms with Gasteiger partial charge in [-0.1, -0.05) is 12.1 Å². The zero-order chi connectivity index (χ0) is 16.4. The Labute approximate surface area is 138 Å². The van der Waals surface area contributed by atoms with Crippen LogP contribution < -0.4 is 0 Å². The van der Waals surface area contributed by atoms with Gasteiger partial charge >= 0.3 is 5.97 Å². The summed E-state index contributed by atoms with van der Waals surface area (Å²) in [5, 5.41) is 9.61. The molecule has 1 aromatic carbocycles. The van der Waals surface area contributed by atoms with Gasteiger partial charge in [0.05, 0.1) is 5.41 Å². The summed E-state index contributed by atoms with van der Waals surface area (Å²) in [5.74, 6) is 0.849. The normalized spacial score (nSPS) is 25.5. The van der Waals surface area contributed by atoms with E-state index in [4.69, 9.17) is 4.74 Å². The molecule has 0 radical (unpaired) electrons. The van der Waals surface area contributed by atoms with Crippen LogP contribution in [0.3, 0.4) is 0 Å². The van der Waals surface area contributed by atoms with Gasteiger partial charge in [-0.3, -0.25) is 4.79 Å². The Morgan fingerprint density at radius 1 is 1.30 bits per heavy atom. The lowest BCUT2D eigenvalue weighted by atomic mass is 9.88. The first-order valence-electron chi connectivity index (χ1n) is 8.66. The van der Waals surface area contributed by atoms with Crippen LogP contribution in [0.25, 0.3) is 0 Å². The standard InChI is InChI=1S/C19H27NO3/c1-19(2)13-17(23-18(19)22)8-11-20-9-6-14(7-10-20)15-4-3-5-16(21)12-15/h3-5,12,14,17,21H,6-11,13H2,1-2H3/t17-/m0/s1. The lowest BCUT2D eigenvalue weighted by Gasteiger charge is -2.32. The summed E-state index contributed by atoms with van der Waals surface area (Å²) in [4.78, 5) is 14.2. The third-order valence-corrected chi connectivity index (χ3v) is 5.26. The van der Waals surface area contributed by atoms with E-state index in [0.29, 0.717) is 11.7 Å². The first-order valence-corrected chi connectivity index (χ1v) is 8.66. The molecule has 2 heterocycles. The fourth-order valence-electron chi connectivity index (χ4n) is 3.76. The largest absolute Gasteiger partial charge is 0.508 e. The SMILES string of the molecule is CC1(C)C[C@H](CCN2CCC(c3cccc(O)c3)CC2)OC1=O. The lowest BCUT2D eigenvalue weighted by molar-refractivity contribution is -0.147. The number of nitrogens with zero attached hydrogens (tertiary/aromatic N) is 1. The average molecular weight is 317 g/mol. The van der Waals surface area contributed by atoms with Crippen LogP contribution in [0.4, 0.5) is 0 Å². The van der Waals surface area contributed by atoms with Crippen LogP contribution in [0.5, 0.6) is 5.75 Å². The molecule has 0 aliphatic carbocycles. The van der Waals surface area contributed by atoms with Crippen molar-refractivity contribution in [3.05, 3.63) is 29.8 Å². The number of hydrogen-bond donors (Lipinski definition) is 1. The van der Waals surface area contributed by atoms with Gasteiger partial charge in [-0.2, -0.15) is 0 Å². The first-order chi connectivity index (χ1) is 10.9. The Balaban J connectivity index is 1.44. The molecule has 0 amide bonds. The molecule has 2 fully saturated rings. The third-order valence-electron chi connectivity index (χ3n) is 5.26. The summed E-state index contributed by atoms with van der Waals surface area (Å²) in [6.45, 7) is 7.09. The van der Waals surface area contributed by atoms with E-state index in [1.54, 1.807) is 6.07 Å². The molecule has 1 aromatic rings. The van der Waals surface area contributed by atoms with Gasteiger partial charge in [0, 0.05) is 6.54 Å². The van der Waals surface area contributed by atoms with Crippen molar-refractivity contribution in [3.63, 3.8) is 0 Å². The van der Waals surface area contributed by atoms with Crippen LogP contribution in [-0.2, 0) is 9.53 Å². The monoisotopic (exact) mass is 317 g/mol. The second-order valence-corrected chi connectivity index (χ2v) is 7.61. The molecular formula is C19H27NO3. The second-order valence-electron chi connectivity index (χ2n) is 7.61. The van der Waals surface area contributed by atoms with Gasteiger partial charge in [0.2, 0.25) is 0 Å². The molecule has 2 aliphatic rings. The van der Waals surface area contributed by atoms with Crippen LogP contribution in [0.15, 0.2) is 24.3 Å². The van der Waals surface area contributed by atoms with Gasteiger partial charge < -0.3 is 14.7 Å². The topological polar surface area (TPSA) is 49.8 Å². The smallest absolute Gasteiger partial charge is 0.311 e. The first kappa shape index (κ1) is 16.3. The van der Waals surface area contributed by atoms with E-state index < -0.39 is 0 Å². The van der Waals surface area contributed by atoms with Crippen molar-refractivity contribution in [2.45, 2.75) is 51.6 Å². The molecule has 0 unspecified atom stereocenters. The third kappa shape index (κ3) is 3.86. The number of aromatic hydroxyl groups is 1. The highest BCUT2D eigenvalue weighted by atomic mass is 16.6. The summed E-state index contributed by atoms with van der Waals surface area (Å²) in [7, 11) is 0. The number of benzene rings is 1. The number of esters is 1. The summed E-state index contributed by atoms with van der Waals surface area (Å²) >= 11 is 0. The van der Waals surface area contributed by atoms with Crippen LogP contribution in [0.1, 0.15) is 51.0 Å². The molecule has 2 saturated heterocycles. The molecule has 4 nitrogen and oxygen atoms in total. The molecule has 3 rings (SSSR count). The highest BCUT2D eigenvalue weighted by Gasteiger charge is 2.41. The maximum atomic E-state index is 11.7. The molecule has 23 heavy (non-hydrogen) atoms.